The largest absolute Gasteiger partial charge is 0.325 e. The number of benzene rings is 1. The van der Waals surface area contributed by atoms with Crippen molar-refractivity contribution in [3.8, 4) is 0 Å². The zero-order valence-corrected chi connectivity index (χ0v) is 16.2. The molecular formula is C21H24N6O. The van der Waals surface area contributed by atoms with Crippen LogP contribution < -0.4 is 0 Å². The highest BCUT2D eigenvalue weighted by Gasteiger charge is 2.37. The van der Waals surface area contributed by atoms with Gasteiger partial charge in [0.2, 0.25) is 0 Å². The lowest BCUT2D eigenvalue weighted by atomic mass is 10.00. The molecule has 0 saturated heterocycles. The Morgan fingerprint density at radius 1 is 1.14 bits per heavy atom. The van der Waals surface area contributed by atoms with Crippen LogP contribution in [0.4, 0.5) is 0 Å². The fraction of sp³-hybridized carbons (Fsp3) is 0.476. The number of carbonyl (C=O) groups excluding carboxylic acids is 1. The van der Waals surface area contributed by atoms with E-state index < -0.39 is 0 Å². The van der Waals surface area contributed by atoms with Crippen LogP contribution in [-0.2, 0) is 6.54 Å². The standard InChI is InChI=1S/C21H24N6O/c1-13(2)11-18-20-24-19(14-7-8-14)25-27(20)10-9-26(18)21(28)17-12-22-15-5-3-4-6-16(15)23-17/h3-6,12-14,18H,7-11H2,1-2H3/t18-/m0/s1. The van der Waals surface area contributed by atoms with E-state index in [1.54, 1.807) is 6.20 Å². The van der Waals surface area contributed by atoms with Crippen molar-refractivity contribution in [1.29, 1.82) is 0 Å². The van der Waals surface area contributed by atoms with Crippen molar-refractivity contribution in [1.82, 2.24) is 29.6 Å². The molecule has 1 saturated carbocycles. The Kier molecular flexibility index (Phi) is 4.10. The summed E-state index contributed by atoms with van der Waals surface area (Å²) in [6.07, 6.45) is 4.79. The molecule has 3 aromatic rings. The SMILES string of the molecule is CC(C)C[C@H]1c2nc(C3CC3)nn2CCN1C(=O)c1cnc2ccccc2n1. The van der Waals surface area contributed by atoms with E-state index in [9.17, 15) is 4.79 Å². The van der Waals surface area contributed by atoms with Crippen molar-refractivity contribution in [3.05, 3.63) is 47.8 Å². The third-order valence-electron chi connectivity index (χ3n) is 5.51. The molecule has 2 aromatic heterocycles. The normalized spacial score (nSPS) is 19.2. The summed E-state index contributed by atoms with van der Waals surface area (Å²) < 4.78 is 2.01. The fourth-order valence-electron chi connectivity index (χ4n) is 3.93. The molecule has 0 radical (unpaired) electrons. The summed E-state index contributed by atoms with van der Waals surface area (Å²) in [5.74, 6) is 2.74. The Bertz CT molecular complexity index is 1040. The number of aromatic nitrogens is 5. The lowest BCUT2D eigenvalue weighted by molar-refractivity contribution is 0.0572. The molecule has 3 heterocycles. The molecular weight excluding hydrogens is 352 g/mol. The minimum Gasteiger partial charge on any atom is -0.325 e. The molecule has 1 aliphatic carbocycles. The summed E-state index contributed by atoms with van der Waals surface area (Å²) in [5.41, 5.74) is 1.93. The monoisotopic (exact) mass is 376 g/mol. The molecule has 0 spiro atoms. The van der Waals surface area contributed by atoms with Crippen LogP contribution >= 0.6 is 0 Å². The first-order valence-corrected chi connectivity index (χ1v) is 10.1. The summed E-state index contributed by atoms with van der Waals surface area (Å²) >= 11 is 0. The maximum Gasteiger partial charge on any atom is 0.274 e. The van der Waals surface area contributed by atoms with E-state index in [0.717, 1.165) is 29.1 Å². The highest BCUT2D eigenvalue weighted by Crippen LogP contribution is 2.40. The lowest BCUT2D eigenvalue weighted by Gasteiger charge is -2.35. The van der Waals surface area contributed by atoms with Crippen molar-refractivity contribution < 1.29 is 4.79 Å². The topological polar surface area (TPSA) is 76.8 Å². The zero-order valence-electron chi connectivity index (χ0n) is 16.2. The van der Waals surface area contributed by atoms with Crippen molar-refractivity contribution >= 4 is 16.9 Å². The number of para-hydroxylation sites is 2. The minimum absolute atomic E-state index is 0.0745. The van der Waals surface area contributed by atoms with E-state index in [0.29, 0.717) is 30.6 Å². The summed E-state index contributed by atoms with van der Waals surface area (Å²) in [4.78, 5) is 29.1. The molecule has 2 aliphatic rings. The average molecular weight is 376 g/mol. The van der Waals surface area contributed by atoms with Crippen molar-refractivity contribution in [2.24, 2.45) is 5.92 Å². The number of fused-ring (bicyclic) bond motifs is 2. The zero-order chi connectivity index (χ0) is 19.3. The van der Waals surface area contributed by atoms with Gasteiger partial charge in [-0.25, -0.2) is 14.6 Å². The molecule has 144 valence electrons. The van der Waals surface area contributed by atoms with Gasteiger partial charge in [-0.1, -0.05) is 26.0 Å². The second-order valence-electron chi connectivity index (χ2n) is 8.21. The van der Waals surface area contributed by atoms with Crippen molar-refractivity contribution in [3.63, 3.8) is 0 Å². The smallest absolute Gasteiger partial charge is 0.274 e. The molecule has 1 aromatic carbocycles. The molecule has 7 nitrogen and oxygen atoms in total. The van der Waals surface area contributed by atoms with E-state index >= 15 is 0 Å². The second kappa shape index (κ2) is 6.65. The number of rotatable bonds is 4. The number of amides is 1. The highest BCUT2D eigenvalue weighted by molar-refractivity contribution is 5.94. The van der Waals surface area contributed by atoms with E-state index in [2.05, 4.69) is 23.8 Å². The van der Waals surface area contributed by atoms with E-state index in [1.807, 2.05) is 33.8 Å². The summed E-state index contributed by atoms with van der Waals surface area (Å²) in [6, 6.07) is 7.55. The quantitative estimate of drug-likeness (QED) is 0.698. The first-order chi connectivity index (χ1) is 13.6. The number of carbonyl (C=O) groups is 1. The van der Waals surface area contributed by atoms with Gasteiger partial charge in [0.1, 0.15) is 11.5 Å². The Hall–Kier alpha value is -2.83. The number of hydrogen-bond donors (Lipinski definition) is 0. The van der Waals surface area contributed by atoms with Crippen LogP contribution in [0.2, 0.25) is 0 Å². The molecule has 1 atom stereocenters. The maximum absolute atomic E-state index is 13.4. The first kappa shape index (κ1) is 17.3. The molecule has 0 bridgehead atoms. The summed E-state index contributed by atoms with van der Waals surface area (Å²) in [6.45, 7) is 5.65. The van der Waals surface area contributed by atoms with Crippen LogP contribution in [0.15, 0.2) is 30.5 Å². The van der Waals surface area contributed by atoms with Crippen LogP contribution in [0.25, 0.3) is 11.0 Å². The second-order valence-corrected chi connectivity index (χ2v) is 8.21. The maximum atomic E-state index is 13.4. The molecule has 1 amide bonds. The predicted octanol–water partition coefficient (Wildman–Crippen LogP) is 3.34. The van der Waals surface area contributed by atoms with Crippen LogP contribution in [0.5, 0.6) is 0 Å². The molecule has 0 N–H and O–H groups in total. The third-order valence-corrected chi connectivity index (χ3v) is 5.51. The summed E-state index contributed by atoms with van der Waals surface area (Å²) in [5, 5.41) is 4.72. The number of hydrogen-bond acceptors (Lipinski definition) is 5. The van der Waals surface area contributed by atoms with Crippen LogP contribution in [-0.4, -0.2) is 42.1 Å². The van der Waals surface area contributed by atoms with Crippen molar-refractivity contribution in [2.75, 3.05) is 6.54 Å². The van der Waals surface area contributed by atoms with Gasteiger partial charge in [0.05, 0.1) is 29.8 Å². The highest BCUT2D eigenvalue weighted by atomic mass is 16.2. The first-order valence-electron chi connectivity index (χ1n) is 10.1. The van der Waals surface area contributed by atoms with Gasteiger partial charge in [-0.05, 0) is 37.3 Å². The molecule has 5 rings (SSSR count). The molecule has 7 heteroatoms. The number of nitrogens with zero attached hydrogens (tertiary/aromatic N) is 6. The van der Waals surface area contributed by atoms with Crippen LogP contribution in [0.1, 0.15) is 67.2 Å². The van der Waals surface area contributed by atoms with E-state index in [1.165, 1.54) is 12.8 Å². The lowest BCUT2D eigenvalue weighted by Crippen LogP contribution is -2.43. The molecule has 28 heavy (non-hydrogen) atoms. The Morgan fingerprint density at radius 2 is 1.93 bits per heavy atom. The molecule has 1 fully saturated rings. The predicted molar refractivity (Wildman–Crippen MR) is 105 cm³/mol. The third kappa shape index (κ3) is 3.04. The van der Waals surface area contributed by atoms with Crippen LogP contribution in [0.3, 0.4) is 0 Å². The Balaban J connectivity index is 1.50. The van der Waals surface area contributed by atoms with Gasteiger partial charge in [-0.2, -0.15) is 5.10 Å². The average Bonchev–Trinajstić information content (AvgIpc) is 3.46. The van der Waals surface area contributed by atoms with Gasteiger partial charge >= 0.3 is 0 Å². The van der Waals surface area contributed by atoms with Gasteiger partial charge in [0, 0.05) is 12.5 Å². The molecule has 0 unspecified atom stereocenters. The fourth-order valence-corrected chi connectivity index (χ4v) is 3.93. The van der Waals surface area contributed by atoms with Gasteiger partial charge in [-0.15, -0.1) is 0 Å². The minimum atomic E-state index is -0.0777. The Labute approximate surface area is 163 Å². The Morgan fingerprint density at radius 3 is 2.68 bits per heavy atom. The van der Waals surface area contributed by atoms with Crippen molar-refractivity contribution in [2.45, 2.75) is 51.6 Å². The van der Waals surface area contributed by atoms with Crippen LogP contribution in [0, 0.1) is 5.92 Å². The van der Waals surface area contributed by atoms with Gasteiger partial charge in [0.25, 0.3) is 5.91 Å². The van der Waals surface area contributed by atoms with Gasteiger partial charge < -0.3 is 4.90 Å². The van der Waals surface area contributed by atoms with Gasteiger partial charge in [0.15, 0.2) is 5.82 Å². The van der Waals surface area contributed by atoms with E-state index in [4.69, 9.17) is 10.1 Å². The van der Waals surface area contributed by atoms with Gasteiger partial charge in [-0.3, -0.25) is 9.78 Å². The summed E-state index contributed by atoms with van der Waals surface area (Å²) in [7, 11) is 0. The molecule has 1 aliphatic heterocycles. The van der Waals surface area contributed by atoms with E-state index in [-0.39, 0.29) is 11.9 Å².